The van der Waals surface area contributed by atoms with Crippen LogP contribution in [0, 0.1) is 5.92 Å². The summed E-state index contributed by atoms with van der Waals surface area (Å²) in [5.41, 5.74) is 1.38. The van der Waals surface area contributed by atoms with Gasteiger partial charge in [-0.2, -0.15) is 0 Å². The van der Waals surface area contributed by atoms with E-state index in [9.17, 15) is 0 Å². The molecule has 0 aromatic carbocycles. The third-order valence-corrected chi connectivity index (χ3v) is 5.85. The van der Waals surface area contributed by atoms with E-state index in [1.807, 2.05) is 0 Å². The maximum absolute atomic E-state index is 6.03. The second kappa shape index (κ2) is 5.82. The van der Waals surface area contributed by atoms with Crippen LogP contribution >= 0.6 is 27.3 Å². The van der Waals surface area contributed by atoms with Crippen LogP contribution in [-0.2, 0) is 9.47 Å². The number of hydrogen-bond acceptors (Lipinski definition) is 4. The molecule has 2 saturated heterocycles. The van der Waals surface area contributed by atoms with Crippen LogP contribution in [0.25, 0.3) is 0 Å². The Balaban J connectivity index is 1.76. The van der Waals surface area contributed by atoms with Crippen LogP contribution in [0.15, 0.2) is 15.2 Å². The van der Waals surface area contributed by atoms with E-state index < -0.39 is 0 Å². The molecule has 3 rings (SSSR count). The van der Waals surface area contributed by atoms with Crippen molar-refractivity contribution in [1.29, 1.82) is 0 Å². The predicted octanol–water partition coefficient (Wildman–Crippen LogP) is 3.36. The Morgan fingerprint density at radius 3 is 3.05 bits per heavy atom. The number of thiophene rings is 1. The molecule has 1 N–H and O–H groups in total. The standard InChI is InChI=1S/C14H20BrNO2S/c1-16-13(11-6-12(15)19-8-11)10-2-4-18-14(7-10)3-5-17-9-14/h6,8,10,13,16H,2-5,7,9H2,1H3. The Labute approximate surface area is 126 Å². The molecule has 5 heteroatoms. The topological polar surface area (TPSA) is 30.5 Å². The van der Waals surface area contributed by atoms with Gasteiger partial charge >= 0.3 is 0 Å². The smallest absolute Gasteiger partial charge is 0.0940 e. The fourth-order valence-electron chi connectivity index (χ4n) is 3.37. The summed E-state index contributed by atoms with van der Waals surface area (Å²) in [6, 6.07) is 2.66. The van der Waals surface area contributed by atoms with Gasteiger partial charge in [-0.1, -0.05) is 0 Å². The summed E-state index contributed by atoms with van der Waals surface area (Å²) in [5, 5.41) is 5.75. The molecule has 3 unspecified atom stereocenters. The van der Waals surface area contributed by atoms with Crippen LogP contribution in [0.5, 0.6) is 0 Å². The van der Waals surface area contributed by atoms with Gasteiger partial charge in [0.2, 0.25) is 0 Å². The van der Waals surface area contributed by atoms with Crippen molar-refractivity contribution in [2.24, 2.45) is 5.92 Å². The molecule has 19 heavy (non-hydrogen) atoms. The summed E-state index contributed by atoms with van der Waals surface area (Å²) >= 11 is 5.32. The average Bonchev–Trinajstić information content (AvgIpc) is 3.01. The molecule has 3 nitrogen and oxygen atoms in total. The second-order valence-corrected chi connectivity index (χ2v) is 7.83. The maximum atomic E-state index is 6.03. The maximum Gasteiger partial charge on any atom is 0.0940 e. The van der Waals surface area contributed by atoms with Crippen molar-refractivity contribution in [3.63, 3.8) is 0 Å². The molecule has 2 aliphatic heterocycles. The van der Waals surface area contributed by atoms with Crippen molar-refractivity contribution in [3.8, 4) is 0 Å². The van der Waals surface area contributed by atoms with Crippen molar-refractivity contribution in [2.45, 2.75) is 30.9 Å². The molecule has 2 fully saturated rings. The summed E-state index contributed by atoms with van der Waals surface area (Å²) in [5.74, 6) is 0.627. The Morgan fingerprint density at radius 1 is 1.53 bits per heavy atom. The Hall–Kier alpha value is 0.0600. The molecule has 1 spiro atoms. The first-order valence-electron chi connectivity index (χ1n) is 6.85. The Morgan fingerprint density at radius 2 is 2.42 bits per heavy atom. The lowest BCUT2D eigenvalue weighted by Gasteiger charge is -2.40. The van der Waals surface area contributed by atoms with Gasteiger partial charge in [0.05, 0.1) is 16.0 Å². The van der Waals surface area contributed by atoms with Crippen LogP contribution in [0.3, 0.4) is 0 Å². The van der Waals surface area contributed by atoms with Crippen LogP contribution in [0.1, 0.15) is 30.9 Å². The molecule has 0 aliphatic carbocycles. The molecule has 0 bridgehead atoms. The lowest BCUT2D eigenvalue weighted by atomic mass is 9.79. The van der Waals surface area contributed by atoms with Crippen molar-refractivity contribution < 1.29 is 9.47 Å². The highest BCUT2D eigenvalue weighted by atomic mass is 79.9. The van der Waals surface area contributed by atoms with Crippen LogP contribution in [0.2, 0.25) is 0 Å². The number of nitrogens with one attached hydrogen (secondary N) is 1. The van der Waals surface area contributed by atoms with Gasteiger partial charge in [-0.3, -0.25) is 0 Å². The van der Waals surface area contributed by atoms with Crippen molar-refractivity contribution >= 4 is 27.3 Å². The van der Waals surface area contributed by atoms with Gasteiger partial charge in [0.25, 0.3) is 0 Å². The van der Waals surface area contributed by atoms with E-state index in [0.717, 1.165) is 39.1 Å². The zero-order valence-corrected chi connectivity index (χ0v) is 13.6. The van der Waals surface area contributed by atoms with E-state index in [-0.39, 0.29) is 5.60 Å². The third-order valence-electron chi connectivity index (χ3n) is 4.33. The van der Waals surface area contributed by atoms with Crippen molar-refractivity contribution in [1.82, 2.24) is 5.32 Å². The minimum Gasteiger partial charge on any atom is -0.378 e. The van der Waals surface area contributed by atoms with Gasteiger partial charge < -0.3 is 14.8 Å². The molecule has 3 heterocycles. The van der Waals surface area contributed by atoms with Gasteiger partial charge in [-0.05, 0) is 58.7 Å². The minimum atomic E-state index is -0.00866. The lowest BCUT2D eigenvalue weighted by molar-refractivity contribution is -0.103. The molecule has 0 amide bonds. The predicted molar refractivity (Wildman–Crippen MR) is 80.7 cm³/mol. The molecule has 1 aromatic heterocycles. The third kappa shape index (κ3) is 2.90. The number of rotatable bonds is 3. The highest BCUT2D eigenvalue weighted by Gasteiger charge is 2.43. The summed E-state index contributed by atoms with van der Waals surface area (Å²) in [6.07, 6.45) is 3.28. The quantitative estimate of drug-likeness (QED) is 0.910. The van der Waals surface area contributed by atoms with E-state index in [2.05, 4.69) is 39.7 Å². The molecule has 0 saturated carbocycles. The highest BCUT2D eigenvalue weighted by Crippen LogP contribution is 2.41. The summed E-state index contributed by atoms with van der Waals surface area (Å²) in [7, 11) is 2.06. The van der Waals surface area contributed by atoms with E-state index in [4.69, 9.17) is 9.47 Å². The van der Waals surface area contributed by atoms with E-state index >= 15 is 0 Å². The van der Waals surface area contributed by atoms with Crippen molar-refractivity contribution in [3.05, 3.63) is 20.8 Å². The summed E-state index contributed by atoms with van der Waals surface area (Å²) in [6.45, 7) is 2.48. The first-order chi connectivity index (χ1) is 9.22. The second-order valence-electron chi connectivity index (χ2n) is 5.54. The van der Waals surface area contributed by atoms with E-state index in [1.165, 1.54) is 9.35 Å². The summed E-state index contributed by atoms with van der Waals surface area (Å²) < 4.78 is 12.8. The molecular weight excluding hydrogens is 326 g/mol. The number of ether oxygens (including phenoxy) is 2. The first-order valence-corrected chi connectivity index (χ1v) is 8.53. The molecule has 0 radical (unpaired) electrons. The molecule has 3 atom stereocenters. The molecule has 106 valence electrons. The Kier molecular flexibility index (Phi) is 4.29. The van der Waals surface area contributed by atoms with Gasteiger partial charge in [-0.25, -0.2) is 0 Å². The SMILES string of the molecule is CNC(c1csc(Br)c1)C1CCOC2(CCOC2)C1. The van der Waals surface area contributed by atoms with E-state index in [0.29, 0.717) is 12.0 Å². The van der Waals surface area contributed by atoms with Crippen LogP contribution in [0.4, 0.5) is 0 Å². The average molecular weight is 346 g/mol. The number of halogens is 1. The van der Waals surface area contributed by atoms with E-state index in [1.54, 1.807) is 11.3 Å². The van der Waals surface area contributed by atoms with Gasteiger partial charge in [0, 0.05) is 25.7 Å². The van der Waals surface area contributed by atoms with Crippen LogP contribution in [-0.4, -0.2) is 32.5 Å². The number of hydrogen-bond donors (Lipinski definition) is 1. The summed E-state index contributed by atoms with van der Waals surface area (Å²) in [4.78, 5) is 0. The molecular formula is C14H20BrNO2S. The normalized spacial score (nSPS) is 32.8. The van der Waals surface area contributed by atoms with Crippen LogP contribution < -0.4 is 5.32 Å². The van der Waals surface area contributed by atoms with Gasteiger partial charge in [0.15, 0.2) is 0 Å². The molecule has 2 aliphatic rings. The highest BCUT2D eigenvalue weighted by molar-refractivity contribution is 9.11. The monoisotopic (exact) mass is 345 g/mol. The van der Waals surface area contributed by atoms with Gasteiger partial charge in [-0.15, -0.1) is 11.3 Å². The first kappa shape index (κ1) is 14.0. The fourth-order valence-corrected chi connectivity index (χ4v) is 4.59. The minimum absolute atomic E-state index is 0.00866. The molecule has 1 aromatic rings. The fraction of sp³-hybridized carbons (Fsp3) is 0.714. The van der Waals surface area contributed by atoms with Crippen molar-refractivity contribution in [2.75, 3.05) is 26.9 Å². The zero-order valence-electron chi connectivity index (χ0n) is 11.2. The lowest BCUT2D eigenvalue weighted by Crippen LogP contribution is -2.43. The zero-order chi connectivity index (χ0) is 13.3. The Bertz CT molecular complexity index is 431. The van der Waals surface area contributed by atoms with Gasteiger partial charge in [0.1, 0.15) is 0 Å². The largest absolute Gasteiger partial charge is 0.378 e.